The lowest BCUT2D eigenvalue weighted by atomic mass is 9.91. The first-order valence-electron chi connectivity index (χ1n) is 20.1. The van der Waals surface area contributed by atoms with Crippen molar-refractivity contribution in [2.45, 2.75) is 132 Å². The minimum atomic E-state index is -0.491. The van der Waals surface area contributed by atoms with Crippen molar-refractivity contribution in [2.75, 3.05) is 44.7 Å². The van der Waals surface area contributed by atoms with Gasteiger partial charge >= 0.3 is 5.97 Å². The number of methoxy groups -OCH3 is 1. The van der Waals surface area contributed by atoms with Crippen LogP contribution in [0.2, 0.25) is 0 Å². The lowest BCUT2D eigenvalue weighted by molar-refractivity contribution is -0.135. The number of pyridine rings is 2. The van der Waals surface area contributed by atoms with Crippen LogP contribution in [0.3, 0.4) is 0 Å². The number of carbonyl (C=O) groups is 3. The zero-order valence-corrected chi connectivity index (χ0v) is 35.9. The fraction of sp³-hybridized carbons (Fsp3) is 0.578. The van der Waals surface area contributed by atoms with E-state index in [2.05, 4.69) is 84.3 Å². The molecule has 10 nitrogen and oxygen atoms in total. The highest BCUT2D eigenvalue weighted by Gasteiger charge is 2.41. The van der Waals surface area contributed by atoms with E-state index in [0.29, 0.717) is 43.0 Å². The molecule has 2 aliphatic rings. The van der Waals surface area contributed by atoms with Crippen molar-refractivity contribution >= 4 is 29.3 Å². The van der Waals surface area contributed by atoms with Gasteiger partial charge in [-0.2, -0.15) is 0 Å². The summed E-state index contributed by atoms with van der Waals surface area (Å²) in [5.41, 5.74) is 5.08. The summed E-state index contributed by atoms with van der Waals surface area (Å²) in [6, 6.07) is 7.64. The Labute approximate surface area is 330 Å². The maximum absolute atomic E-state index is 14.3. The SMILES string of the molecule is CC/C=C(/C=C(/C)C(C(=O)OC)=C(C)C)N1CCN(C(=O)c2ccc3c(n2)C(C)(C)CN3c2ccc(C(=O)N(CCCCC)C(C)(C)CC)cn2)C(C)(C)C1. The molecule has 2 aliphatic heterocycles. The number of aromatic nitrogens is 2. The van der Waals surface area contributed by atoms with E-state index in [9.17, 15) is 14.4 Å². The Balaban J connectivity index is 1.55. The number of rotatable bonds is 14. The molecule has 0 aromatic carbocycles. The predicted molar refractivity (Wildman–Crippen MR) is 223 cm³/mol. The molecule has 4 rings (SSSR count). The normalized spacial score (nSPS) is 16.9. The maximum atomic E-state index is 14.3. The maximum Gasteiger partial charge on any atom is 0.338 e. The smallest absolute Gasteiger partial charge is 0.338 e. The summed E-state index contributed by atoms with van der Waals surface area (Å²) in [6.07, 6.45) is 10.8. The van der Waals surface area contributed by atoms with Crippen LogP contribution < -0.4 is 4.90 Å². The van der Waals surface area contributed by atoms with Gasteiger partial charge < -0.3 is 24.3 Å². The summed E-state index contributed by atoms with van der Waals surface area (Å²) >= 11 is 0. The number of hydrogen-bond acceptors (Lipinski definition) is 8. The van der Waals surface area contributed by atoms with Crippen LogP contribution in [0.15, 0.2) is 65.0 Å². The average molecular weight is 755 g/mol. The molecule has 2 amide bonds. The number of nitrogens with zero attached hydrogens (tertiary/aromatic N) is 6. The van der Waals surface area contributed by atoms with Crippen LogP contribution in [-0.2, 0) is 14.9 Å². The van der Waals surface area contributed by atoms with Gasteiger partial charge in [-0.3, -0.25) is 9.59 Å². The predicted octanol–water partition coefficient (Wildman–Crippen LogP) is 9.01. The third-order valence-corrected chi connectivity index (χ3v) is 11.2. The second kappa shape index (κ2) is 17.5. The van der Waals surface area contributed by atoms with E-state index in [1.165, 1.54) is 7.11 Å². The van der Waals surface area contributed by atoms with Crippen LogP contribution >= 0.6 is 0 Å². The average Bonchev–Trinajstić information content (AvgIpc) is 3.41. The van der Waals surface area contributed by atoms with Crippen molar-refractivity contribution in [3.8, 4) is 0 Å². The molecule has 0 saturated carbocycles. The first kappa shape index (κ1) is 43.3. The minimum absolute atomic E-state index is 0.0124. The quantitative estimate of drug-likeness (QED) is 0.0816. The number of ether oxygens (including phenoxy) is 1. The summed E-state index contributed by atoms with van der Waals surface area (Å²) < 4.78 is 5.07. The van der Waals surface area contributed by atoms with E-state index in [0.717, 1.165) is 72.7 Å². The van der Waals surface area contributed by atoms with Crippen LogP contribution in [0.5, 0.6) is 0 Å². The zero-order valence-electron chi connectivity index (χ0n) is 35.9. The van der Waals surface area contributed by atoms with Crippen LogP contribution in [0.1, 0.15) is 142 Å². The molecule has 55 heavy (non-hydrogen) atoms. The second-order valence-corrected chi connectivity index (χ2v) is 17.2. The molecule has 300 valence electrons. The van der Waals surface area contributed by atoms with Gasteiger partial charge in [0.1, 0.15) is 11.5 Å². The van der Waals surface area contributed by atoms with E-state index in [1.54, 1.807) is 6.20 Å². The highest BCUT2D eigenvalue weighted by Crippen LogP contribution is 2.43. The summed E-state index contributed by atoms with van der Waals surface area (Å²) in [7, 11) is 1.41. The molecule has 2 aromatic rings. The highest BCUT2D eigenvalue weighted by molar-refractivity contribution is 5.95. The topological polar surface area (TPSA) is 99.2 Å². The monoisotopic (exact) mass is 755 g/mol. The Morgan fingerprint density at radius 2 is 1.67 bits per heavy atom. The fourth-order valence-electron chi connectivity index (χ4n) is 7.80. The van der Waals surface area contributed by atoms with Crippen molar-refractivity contribution in [1.82, 2.24) is 24.7 Å². The Morgan fingerprint density at radius 3 is 2.24 bits per heavy atom. The Hall–Kier alpha value is -4.47. The standard InChI is InChI=1S/C45H66N6O4/c1-14-17-18-24-50(44(9,10)16-3)40(52)33-20-23-37(46-28-33)49-29-43(7,8)39-36(49)22-21-35(47-39)41(53)51-26-25-48(30-45(51,11)12)34(19-15-2)27-32(6)38(31(4)5)42(54)55-13/h19-23,27-28H,14-18,24-26,29-30H2,1-13H3/b32-27-,34-19-. The molecule has 0 unspecified atom stereocenters. The summed E-state index contributed by atoms with van der Waals surface area (Å²) in [6.45, 7) is 28.1. The highest BCUT2D eigenvalue weighted by atomic mass is 16.5. The van der Waals surface area contributed by atoms with Crippen molar-refractivity contribution in [1.29, 1.82) is 0 Å². The molecular weight excluding hydrogens is 689 g/mol. The number of fused-ring (bicyclic) bond motifs is 1. The number of amides is 2. The van der Waals surface area contributed by atoms with Crippen molar-refractivity contribution < 1.29 is 19.1 Å². The molecule has 0 atom stereocenters. The van der Waals surface area contributed by atoms with Gasteiger partial charge in [-0.05, 0) is 104 Å². The number of hydrogen-bond donors (Lipinski definition) is 0. The molecule has 4 heterocycles. The van der Waals surface area contributed by atoms with Gasteiger partial charge in [-0.15, -0.1) is 0 Å². The van der Waals surface area contributed by atoms with Gasteiger partial charge in [-0.1, -0.05) is 59.1 Å². The largest absolute Gasteiger partial charge is 0.465 e. The molecular formula is C45H66N6O4. The van der Waals surface area contributed by atoms with Crippen molar-refractivity contribution in [2.24, 2.45) is 0 Å². The first-order chi connectivity index (χ1) is 25.8. The van der Waals surface area contributed by atoms with Crippen LogP contribution in [0.4, 0.5) is 11.5 Å². The minimum Gasteiger partial charge on any atom is -0.465 e. The number of allylic oxidation sites excluding steroid dienone is 3. The van der Waals surface area contributed by atoms with Gasteiger partial charge in [0, 0.05) is 55.6 Å². The fourth-order valence-corrected chi connectivity index (χ4v) is 7.80. The molecule has 0 spiro atoms. The molecule has 1 fully saturated rings. The van der Waals surface area contributed by atoms with Crippen LogP contribution in [-0.4, -0.2) is 93.4 Å². The Kier molecular flexibility index (Phi) is 13.8. The Bertz CT molecular complexity index is 1820. The van der Waals surface area contributed by atoms with Crippen LogP contribution in [0.25, 0.3) is 0 Å². The third kappa shape index (κ3) is 9.50. The van der Waals surface area contributed by atoms with Gasteiger partial charge in [0.25, 0.3) is 11.8 Å². The number of esters is 1. The summed E-state index contributed by atoms with van der Waals surface area (Å²) in [5, 5.41) is 0. The molecule has 2 aromatic heterocycles. The molecule has 0 aliphatic carbocycles. The molecule has 0 radical (unpaired) electrons. The lowest BCUT2D eigenvalue weighted by Gasteiger charge is -2.48. The summed E-state index contributed by atoms with van der Waals surface area (Å²) in [5.74, 6) is 0.327. The molecule has 1 saturated heterocycles. The van der Waals surface area contributed by atoms with E-state index in [-0.39, 0.29) is 28.7 Å². The van der Waals surface area contributed by atoms with Crippen LogP contribution in [0, 0.1) is 0 Å². The van der Waals surface area contributed by atoms with E-state index >= 15 is 0 Å². The molecule has 10 heteroatoms. The van der Waals surface area contributed by atoms with Crippen molar-refractivity contribution in [3.63, 3.8) is 0 Å². The van der Waals surface area contributed by atoms with E-state index < -0.39 is 5.54 Å². The van der Waals surface area contributed by atoms with Crippen molar-refractivity contribution in [3.05, 3.63) is 82.0 Å². The van der Waals surface area contributed by atoms with Gasteiger partial charge in [-0.25, -0.2) is 14.8 Å². The Morgan fingerprint density at radius 1 is 0.964 bits per heavy atom. The van der Waals surface area contributed by atoms with Gasteiger partial charge in [0.2, 0.25) is 0 Å². The number of anilines is 2. The van der Waals surface area contributed by atoms with E-state index in [4.69, 9.17) is 14.7 Å². The van der Waals surface area contributed by atoms with Gasteiger partial charge in [0.05, 0.1) is 35.2 Å². The number of unbranched alkanes of at least 4 members (excludes halogenated alkanes) is 2. The number of carbonyl (C=O) groups excluding carboxylic acids is 3. The molecule has 0 bridgehead atoms. The lowest BCUT2D eigenvalue weighted by Crippen LogP contribution is -2.60. The van der Waals surface area contributed by atoms with E-state index in [1.807, 2.05) is 54.8 Å². The molecule has 0 N–H and O–H groups in total. The zero-order chi connectivity index (χ0) is 40.9. The first-order valence-corrected chi connectivity index (χ1v) is 20.1. The number of piperazine rings is 1. The third-order valence-electron chi connectivity index (χ3n) is 11.2. The summed E-state index contributed by atoms with van der Waals surface area (Å²) in [4.78, 5) is 58.8. The van der Waals surface area contributed by atoms with Gasteiger partial charge in [0.15, 0.2) is 0 Å². The second-order valence-electron chi connectivity index (χ2n) is 17.2.